The molecule has 3 aromatic carbocycles. The molecule has 1 aliphatic rings. The highest BCUT2D eigenvalue weighted by Gasteiger charge is 2.18. The number of hydrogen-bond acceptors (Lipinski definition) is 3. The summed E-state index contributed by atoms with van der Waals surface area (Å²) in [7, 11) is 0. The SMILES string of the molecule is c1ccc(Oc2ccc(-n3c(N4CCNCC4)cc4ccccc43)cc2)cc1. The van der Waals surface area contributed by atoms with Gasteiger partial charge in [0.2, 0.25) is 0 Å². The van der Waals surface area contributed by atoms with Gasteiger partial charge in [0, 0.05) is 37.3 Å². The van der Waals surface area contributed by atoms with E-state index in [0.29, 0.717) is 0 Å². The fourth-order valence-electron chi connectivity index (χ4n) is 3.83. The average molecular weight is 369 g/mol. The molecule has 0 unspecified atom stereocenters. The van der Waals surface area contributed by atoms with E-state index in [0.717, 1.165) is 43.4 Å². The number of rotatable bonds is 4. The Morgan fingerprint density at radius 3 is 2.18 bits per heavy atom. The fourth-order valence-corrected chi connectivity index (χ4v) is 3.83. The van der Waals surface area contributed by atoms with E-state index in [1.54, 1.807) is 0 Å². The molecule has 1 aliphatic heterocycles. The van der Waals surface area contributed by atoms with Gasteiger partial charge in [-0.2, -0.15) is 0 Å². The van der Waals surface area contributed by atoms with Crippen LogP contribution >= 0.6 is 0 Å². The van der Waals surface area contributed by atoms with Gasteiger partial charge in [-0.15, -0.1) is 0 Å². The summed E-state index contributed by atoms with van der Waals surface area (Å²) in [5.74, 6) is 2.94. The Bertz CT molecular complexity index is 1060. The van der Waals surface area contributed by atoms with E-state index in [-0.39, 0.29) is 0 Å². The highest BCUT2D eigenvalue weighted by atomic mass is 16.5. The van der Waals surface area contributed by atoms with Crippen LogP contribution in [0.15, 0.2) is 84.9 Å². The Labute approximate surface area is 165 Å². The van der Waals surface area contributed by atoms with Crippen molar-refractivity contribution >= 4 is 16.7 Å². The first-order valence-corrected chi connectivity index (χ1v) is 9.78. The molecule has 140 valence electrons. The lowest BCUT2D eigenvalue weighted by Crippen LogP contribution is -2.44. The van der Waals surface area contributed by atoms with E-state index in [4.69, 9.17) is 4.74 Å². The highest BCUT2D eigenvalue weighted by molar-refractivity contribution is 5.87. The second kappa shape index (κ2) is 7.41. The van der Waals surface area contributed by atoms with Gasteiger partial charge in [-0.25, -0.2) is 0 Å². The smallest absolute Gasteiger partial charge is 0.127 e. The maximum absolute atomic E-state index is 5.96. The van der Waals surface area contributed by atoms with Crippen LogP contribution in [0.4, 0.5) is 5.82 Å². The number of nitrogens with zero attached hydrogens (tertiary/aromatic N) is 2. The molecular weight excluding hydrogens is 346 g/mol. The minimum atomic E-state index is 0.843. The van der Waals surface area contributed by atoms with E-state index in [1.807, 2.05) is 42.5 Å². The number of hydrogen-bond donors (Lipinski definition) is 1. The van der Waals surface area contributed by atoms with Crippen molar-refractivity contribution in [1.29, 1.82) is 0 Å². The van der Waals surface area contributed by atoms with Crippen molar-refractivity contribution in [2.24, 2.45) is 0 Å². The first-order chi connectivity index (χ1) is 13.9. The number of nitrogens with one attached hydrogen (secondary N) is 1. The van der Waals surface area contributed by atoms with Gasteiger partial charge < -0.3 is 15.0 Å². The van der Waals surface area contributed by atoms with Crippen LogP contribution in [0.25, 0.3) is 16.6 Å². The lowest BCUT2D eigenvalue weighted by atomic mass is 10.2. The summed E-state index contributed by atoms with van der Waals surface area (Å²) in [6.07, 6.45) is 0. The number of aromatic nitrogens is 1. The first-order valence-electron chi connectivity index (χ1n) is 9.78. The average Bonchev–Trinajstić information content (AvgIpc) is 3.15. The quantitative estimate of drug-likeness (QED) is 0.559. The zero-order chi connectivity index (χ0) is 18.8. The van der Waals surface area contributed by atoms with Gasteiger partial charge in [0.1, 0.15) is 17.3 Å². The van der Waals surface area contributed by atoms with E-state index in [9.17, 15) is 0 Å². The highest BCUT2D eigenvalue weighted by Crippen LogP contribution is 2.32. The minimum absolute atomic E-state index is 0.843. The van der Waals surface area contributed by atoms with Crippen LogP contribution in [0.3, 0.4) is 0 Å². The summed E-state index contributed by atoms with van der Waals surface area (Å²) >= 11 is 0. The van der Waals surface area contributed by atoms with Crippen LogP contribution in [0, 0.1) is 0 Å². The Morgan fingerprint density at radius 2 is 1.39 bits per heavy atom. The van der Waals surface area contributed by atoms with Gasteiger partial charge in [0.15, 0.2) is 0 Å². The summed E-state index contributed by atoms with van der Waals surface area (Å²) in [4.78, 5) is 2.46. The molecule has 0 amide bonds. The van der Waals surface area contributed by atoms with Crippen LogP contribution < -0.4 is 15.0 Å². The molecule has 0 bridgehead atoms. The van der Waals surface area contributed by atoms with Gasteiger partial charge >= 0.3 is 0 Å². The van der Waals surface area contributed by atoms with Gasteiger partial charge in [0.25, 0.3) is 0 Å². The molecule has 0 radical (unpaired) electrons. The van der Waals surface area contributed by atoms with Gasteiger partial charge in [-0.05, 0) is 48.5 Å². The Balaban J connectivity index is 1.53. The summed E-state index contributed by atoms with van der Waals surface area (Å²) in [5.41, 5.74) is 2.38. The monoisotopic (exact) mass is 369 g/mol. The van der Waals surface area contributed by atoms with E-state index < -0.39 is 0 Å². The van der Waals surface area contributed by atoms with Crippen molar-refractivity contribution in [3.63, 3.8) is 0 Å². The lowest BCUT2D eigenvalue weighted by Gasteiger charge is -2.30. The van der Waals surface area contributed by atoms with Crippen LogP contribution in [0.5, 0.6) is 11.5 Å². The minimum Gasteiger partial charge on any atom is -0.457 e. The predicted molar refractivity (Wildman–Crippen MR) is 115 cm³/mol. The van der Waals surface area contributed by atoms with E-state index >= 15 is 0 Å². The number of fused-ring (bicyclic) bond motifs is 1. The van der Waals surface area contributed by atoms with Crippen molar-refractivity contribution in [3.05, 3.63) is 84.9 Å². The van der Waals surface area contributed by atoms with Crippen molar-refractivity contribution in [1.82, 2.24) is 9.88 Å². The van der Waals surface area contributed by atoms with Gasteiger partial charge in [-0.1, -0.05) is 36.4 Å². The number of benzene rings is 3. The molecule has 1 saturated heterocycles. The Hall–Kier alpha value is -3.24. The number of ether oxygens (including phenoxy) is 1. The van der Waals surface area contributed by atoms with Crippen LogP contribution in [-0.4, -0.2) is 30.7 Å². The third kappa shape index (κ3) is 3.23. The summed E-state index contributed by atoms with van der Waals surface area (Å²) in [6.45, 7) is 4.08. The normalized spacial score (nSPS) is 14.4. The van der Waals surface area contributed by atoms with Crippen molar-refractivity contribution in [3.8, 4) is 17.2 Å². The molecule has 1 fully saturated rings. The maximum Gasteiger partial charge on any atom is 0.127 e. The largest absolute Gasteiger partial charge is 0.457 e. The molecule has 4 heteroatoms. The Morgan fingerprint density at radius 1 is 0.714 bits per heavy atom. The van der Waals surface area contributed by atoms with E-state index in [1.165, 1.54) is 16.7 Å². The van der Waals surface area contributed by atoms with Crippen LogP contribution in [0.2, 0.25) is 0 Å². The molecule has 4 nitrogen and oxygen atoms in total. The number of para-hydroxylation sites is 2. The first kappa shape index (κ1) is 16.9. The predicted octanol–water partition coefficient (Wildman–Crippen LogP) is 4.83. The number of anilines is 1. The molecule has 1 N–H and O–H groups in total. The summed E-state index contributed by atoms with van der Waals surface area (Å²) in [6, 6.07) is 29.1. The summed E-state index contributed by atoms with van der Waals surface area (Å²) in [5, 5.41) is 4.71. The molecular formula is C24H23N3O. The van der Waals surface area contributed by atoms with Crippen molar-refractivity contribution < 1.29 is 4.74 Å². The third-order valence-electron chi connectivity index (χ3n) is 5.21. The zero-order valence-corrected chi connectivity index (χ0v) is 15.7. The van der Waals surface area contributed by atoms with Crippen molar-refractivity contribution in [2.45, 2.75) is 0 Å². The molecule has 0 aliphatic carbocycles. The van der Waals surface area contributed by atoms with Crippen molar-refractivity contribution in [2.75, 3.05) is 31.1 Å². The van der Waals surface area contributed by atoms with Crippen LogP contribution in [0.1, 0.15) is 0 Å². The molecule has 4 aromatic rings. The van der Waals surface area contributed by atoms with Gasteiger partial charge in [0.05, 0.1) is 5.52 Å². The topological polar surface area (TPSA) is 29.4 Å². The van der Waals surface area contributed by atoms with Gasteiger partial charge in [-0.3, -0.25) is 4.57 Å². The molecule has 1 aromatic heterocycles. The second-order valence-electron chi connectivity index (χ2n) is 7.04. The summed E-state index contributed by atoms with van der Waals surface area (Å²) < 4.78 is 8.31. The lowest BCUT2D eigenvalue weighted by molar-refractivity contribution is 0.482. The van der Waals surface area contributed by atoms with E-state index in [2.05, 4.69) is 57.2 Å². The maximum atomic E-state index is 5.96. The second-order valence-corrected chi connectivity index (χ2v) is 7.04. The fraction of sp³-hybridized carbons (Fsp3) is 0.167. The third-order valence-corrected chi connectivity index (χ3v) is 5.21. The van der Waals surface area contributed by atoms with Crippen LogP contribution in [-0.2, 0) is 0 Å². The molecule has 0 spiro atoms. The molecule has 0 saturated carbocycles. The molecule has 28 heavy (non-hydrogen) atoms. The molecule has 0 atom stereocenters. The molecule has 5 rings (SSSR count). The Kier molecular flexibility index (Phi) is 4.47. The number of piperazine rings is 1. The molecule has 2 heterocycles. The zero-order valence-electron chi connectivity index (χ0n) is 15.7. The standard InChI is InChI=1S/C24H23N3O/c1-2-7-21(8-3-1)28-22-12-10-20(11-13-22)27-23-9-5-4-6-19(23)18-24(27)26-16-14-25-15-17-26/h1-13,18,25H,14-17H2.